The van der Waals surface area contributed by atoms with Crippen molar-refractivity contribution in [3.63, 3.8) is 0 Å². The van der Waals surface area contributed by atoms with Crippen LogP contribution in [0.1, 0.15) is 17.5 Å². The van der Waals surface area contributed by atoms with Gasteiger partial charge >= 0.3 is 5.97 Å². The normalized spacial score (nSPS) is 12.1. The lowest BCUT2D eigenvalue weighted by Gasteiger charge is -2.14. The maximum atomic E-state index is 11.3. The molecule has 2 rings (SSSR count). The molecule has 2 aromatic rings. The van der Waals surface area contributed by atoms with Crippen molar-refractivity contribution in [1.29, 1.82) is 0 Å². The molecule has 0 aliphatic carbocycles. The number of carbonyl (C=O) groups is 1. The third-order valence-electron chi connectivity index (χ3n) is 3.77. The Morgan fingerprint density at radius 3 is 2.57 bits per heavy atom. The van der Waals surface area contributed by atoms with Crippen molar-refractivity contribution in [1.82, 2.24) is 5.32 Å². The number of aryl methyl sites for hydroxylation is 1. The molecule has 0 bridgehead atoms. The van der Waals surface area contributed by atoms with Crippen molar-refractivity contribution in [2.24, 2.45) is 0 Å². The van der Waals surface area contributed by atoms with E-state index in [4.69, 9.17) is 0 Å². The Kier molecular flexibility index (Phi) is 6.68. The van der Waals surface area contributed by atoms with Gasteiger partial charge in [0.1, 0.15) is 6.04 Å². The molecule has 0 saturated carbocycles. The zero-order chi connectivity index (χ0) is 16.7. The average Bonchev–Trinajstić information content (AvgIpc) is 2.55. The molecule has 0 spiro atoms. The lowest BCUT2D eigenvalue weighted by Crippen LogP contribution is -2.36. The molecule has 0 aliphatic rings. The highest BCUT2D eigenvalue weighted by Gasteiger charge is 2.15. The number of aliphatic carboxylic acids is 1. The number of benzene rings is 2. The van der Waals surface area contributed by atoms with Gasteiger partial charge in [-0.1, -0.05) is 48.0 Å². The molecule has 4 heteroatoms. The fourth-order valence-electron chi connectivity index (χ4n) is 2.40. The first-order valence-corrected chi connectivity index (χ1v) is 9.10. The largest absolute Gasteiger partial charge is 0.480 e. The molecule has 0 fully saturated rings. The van der Waals surface area contributed by atoms with E-state index in [2.05, 4.69) is 48.6 Å². The van der Waals surface area contributed by atoms with Crippen LogP contribution in [0.4, 0.5) is 0 Å². The van der Waals surface area contributed by atoms with Gasteiger partial charge < -0.3 is 10.4 Å². The molecule has 1 atom stereocenters. The van der Waals surface area contributed by atoms with Crippen molar-refractivity contribution in [3.05, 3.63) is 59.7 Å². The second-order valence-electron chi connectivity index (χ2n) is 5.62. The van der Waals surface area contributed by atoms with Crippen molar-refractivity contribution in [2.45, 2.75) is 25.9 Å². The molecule has 23 heavy (non-hydrogen) atoms. The van der Waals surface area contributed by atoms with Crippen molar-refractivity contribution in [3.8, 4) is 11.1 Å². The highest BCUT2D eigenvalue weighted by atomic mass is 32.2. The smallest absolute Gasteiger partial charge is 0.320 e. The predicted octanol–water partition coefficient (Wildman–Crippen LogP) is 3.96. The number of carboxylic acids is 1. The molecule has 2 aromatic carbocycles. The van der Waals surface area contributed by atoms with Gasteiger partial charge in [0.25, 0.3) is 0 Å². The molecule has 0 aromatic heterocycles. The summed E-state index contributed by atoms with van der Waals surface area (Å²) in [5.74, 6) is 0.0571. The van der Waals surface area contributed by atoms with Crippen LogP contribution in [0.2, 0.25) is 0 Å². The predicted molar refractivity (Wildman–Crippen MR) is 97.9 cm³/mol. The van der Waals surface area contributed by atoms with Gasteiger partial charge in [-0.15, -0.1) is 0 Å². The monoisotopic (exact) mass is 329 g/mol. The van der Waals surface area contributed by atoms with Gasteiger partial charge in [0.2, 0.25) is 0 Å². The van der Waals surface area contributed by atoms with Crippen LogP contribution >= 0.6 is 11.8 Å². The molecule has 3 nitrogen and oxygen atoms in total. The van der Waals surface area contributed by atoms with Crippen molar-refractivity contribution in [2.75, 3.05) is 12.0 Å². The highest BCUT2D eigenvalue weighted by Crippen LogP contribution is 2.21. The number of hydrogen-bond donors (Lipinski definition) is 2. The van der Waals surface area contributed by atoms with E-state index >= 15 is 0 Å². The number of hydrogen-bond acceptors (Lipinski definition) is 3. The number of rotatable bonds is 8. The third-order valence-corrected chi connectivity index (χ3v) is 4.42. The van der Waals surface area contributed by atoms with Gasteiger partial charge in [0.05, 0.1) is 0 Å². The van der Waals surface area contributed by atoms with E-state index < -0.39 is 12.0 Å². The lowest BCUT2D eigenvalue weighted by molar-refractivity contribution is -0.139. The van der Waals surface area contributed by atoms with E-state index in [0.717, 1.165) is 16.9 Å². The Morgan fingerprint density at radius 1 is 1.17 bits per heavy atom. The molecule has 0 radical (unpaired) electrons. The summed E-state index contributed by atoms with van der Waals surface area (Å²) in [7, 11) is 0. The fraction of sp³-hybridized carbons (Fsp3) is 0.316. The van der Waals surface area contributed by atoms with Gasteiger partial charge in [-0.05, 0) is 48.1 Å². The van der Waals surface area contributed by atoms with Crippen molar-refractivity contribution >= 4 is 17.7 Å². The van der Waals surface area contributed by atoms with Crippen LogP contribution in [0, 0.1) is 6.92 Å². The molecular formula is C19H23NO2S. The third kappa shape index (κ3) is 5.41. The van der Waals surface area contributed by atoms with Gasteiger partial charge in [-0.2, -0.15) is 11.8 Å². The minimum absolute atomic E-state index is 0.495. The molecule has 122 valence electrons. The summed E-state index contributed by atoms with van der Waals surface area (Å²) >= 11 is 1.67. The van der Waals surface area contributed by atoms with Crippen molar-refractivity contribution < 1.29 is 9.90 Å². The fourth-order valence-corrected chi connectivity index (χ4v) is 2.87. The van der Waals surface area contributed by atoms with E-state index in [1.807, 2.05) is 18.4 Å². The zero-order valence-corrected chi connectivity index (χ0v) is 14.4. The molecular weight excluding hydrogens is 306 g/mol. The van der Waals surface area contributed by atoms with Gasteiger partial charge in [0.15, 0.2) is 0 Å². The first-order valence-electron chi connectivity index (χ1n) is 7.71. The average molecular weight is 329 g/mol. The van der Waals surface area contributed by atoms with Crippen LogP contribution in [-0.4, -0.2) is 29.1 Å². The second kappa shape index (κ2) is 8.75. The molecule has 0 unspecified atom stereocenters. The minimum atomic E-state index is -0.784. The Morgan fingerprint density at radius 2 is 1.91 bits per heavy atom. The summed E-state index contributed by atoms with van der Waals surface area (Å²) in [5, 5.41) is 12.4. The summed E-state index contributed by atoms with van der Waals surface area (Å²) in [6.45, 7) is 2.63. The van der Waals surface area contributed by atoms with E-state index in [0.29, 0.717) is 13.0 Å². The summed E-state index contributed by atoms with van der Waals surface area (Å²) in [6.07, 6.45) is 2.62. The Hall–Kier alpha value is -1.78. The summed E-state index contributed by atoms with van der Waals surface area (Å²) in [5.41, 5.74) is 4.66. The van der Waals surface area contributed by atoms with Gasteiger partial charge in [-0.3, -0.25) is 4.79 Å². The van der Waals surface area contributed by atoms with E-state index in [1.54, 1.807) is 11.8 Å². The van der Waals surface area contributed by atoms with E-state index in [9.17, 15) is 9.90 Å². The van der Waals surface area contributed by atoms with Crippen LogP contribution < -0.4 is 5.32 Å². The van der Waals surface area contributed by atoms with Crippen LogP contribution in [-0.2, 0) is 11.3 Å². The highest BCUT2D eigenvalue weighted by molar-refractivity contribution is 7.98. The van der Waals surface area contributed by atoms with E-state index in [-0.39, 0.29) is 0 Å². The van der Waals surface area contributed by atoms with Gasteiger partial charge in [0, 0.05) is 6.54 Å². The quantitative estimate of drug-likeness (QED) is 0.770. The topological polar surface area (TPSA) is 49.3 Å². The lowest BCUT2D eigenvalue weighted by atomic mass is 10.0. The molecule has 0 aliphatic heterocycles. The first kappa shape index (κ1) is 17.6. The summed E-state index contributed by atoms with van der Waals surface area (Å²) < 4.78 is 0. The molecule has 0 heterocycles. The Bertz CT molecular complexity index is 640. The molecule has 0 saturated heterocycles. The SMILES string of the molecule is CSCC[C@@H](NCc1cccc(-c2ccc(C)cc2)c1)C(=O)O. The Labute approximate surface area is 142 Å². The number of nitrogens with one attached hydrogen (secondary N) is 1. The first-order chi connectivity index (χ1) is 11.1. The number of thioether (sulfide) groups is 1. The standard InChI is InChI=1S/C19H23NO2S/c1-14-6-8-16(9-7-14)17-5-3-4-15(12-17)13-20-18(19(21)22)10-11-23-2/h3-9,12,18,20H,10-11,13H2,1-2H3,(H,21,22)/t18-/m1/s1. The maximum Gasteiger partial charge on any atom is 0.320 e. The summed E-state index contributed by atoms with van der Waals surface area (Å²) in [4.78, 5) is 11.3. The van der Waals surface area contributed by atoms with Crippen LogP contribution in [0.15, 0.2) is 48.5 Å². The molecule has 2 N–H and O–H groups in total. The van der Waals surface area contributed by atoms with Crippen LogP contribution in [0.5, 0.6) is 0 Å². The van der Waals surface area contributed by atoms with Gasteiger partial charge in [-0.25, -0.2) is 0 Å². The summed E-state index contributed by atoms with van der Waals surface area (Å²) in [6, 6.07) is 16.2. The van der Waals surface area contributed by atoms with E-state index in [1.165, 1.54) is 11.1 Å². The second-order valence-corrected chi connectivity index (χ2v) is 6.61. The number of carboxylic acid groups (broad SMARTS) is 1. The Balaban J connectivity index is 2.04. The van der Waals surface area contributed by atoms with Crippen LogP contribution in [0.3, 0.4) is 0 Å². The zero-order valence-electron chi connectivity index (χ0n) is 13.6. The van der Waals surface area contributed by atoms with Crippen LogP contribution in [0.25, 0.3) is 11.1 Å². The maximum absolute atomic E-state index is 11.3. The molecule has 0 amide bonds. The minimum Gasteiger partial charge on any atom is -0.480 e.